The maximum atomic E-state index is 12.0. The van der Waals surface area contributed by atoms with Crippen LogP contribution in [-0.2, 0) is 4.79 Å². The van der Waals surface area contributed by atoms with Crippen molar-refractivity contribution in [1.29, 1.82) is 0 Å². The van der Waals surface area contributed by atoms with E-state index in [1.54, 1.807) is 4.90 Å². The normalized spacial score (nSPS) is 19.9. The van der Waals surface area contributed by atoms with E-state index in [1.807, 2.05) is 25.9 Å². The molecule has 6 nitrogen and oxygen atoms in total. The number of likely N-dealkylation sites (N-methyl/N-ethyl adjacent to an activating group) is 1. The van der Waals surface area contributed by atoms with Gasteiger partial charge in [0.15, 0.2) is 5.96 Å². The molecule has 2 aliphatic rings. The number of hydrogen-bond acceptors (Lipinski definition) is 4. The largest absolute Gasteiger partial charge is 0.357 e. The number of nitrogens with zero attached hydrogens (tertiary/aromatic N) is 3. The number of carbonyl (C=O) groups excluding carboxylic acids is 1. The first kappa shape index (κ1) is 23.9. The number of hydrogen-bond donors (Lipinski definition) is 2. The molecule has 2 fully saturated rings. The Bertz CT molecular complexity index is 710. The topological polar surface area (TPSA) is 60.0 Å². The fraction of sp³-hybridized carbons (Fsp3) is 0.667. The lowest BCUT2D eigenvalue weighted by Crippen LogP contribution is -2.50. The quantitative estimate of drug-likeness (QED) is 0.475. The summed E-state index contributed by atoms with van der Waals surface area (Å²) in [6, 6.07) is 11.2. The molecule has 7 heteroatoms. The zero-order valence-corrected chi connectivity index (χ0v) is 20.2. The molecule has 31 heavy (non-hydrogen) atoms. The number of carbonyl (C=O) groups is 1. The molecule has 1 aliphatic heterocycles. The van der Waals surface area contributed by atoms with Crippen molar-refractivity contribution in [3.8, 4) is 0 Å². The van der Waals surface area contributed by atoms with Gasteiger partial charge in [-0.2, -0.15) is 0 Å². The van der Waals surface area contributed by atoms with E-state index in [2.05, 4.69) is 52.8 Å². The maximum absolute atomic E-state index is 12.0. The number of guanidine groups is 1. The van der Waals surface area contributed by atoms with Gasteiger partial charge in [0.1, 0.15) is 0 Å². The molecule has 0 aromatic heterocycles. The number of amides is 1. The second-order valence-electron chi connectivity index (χ2n) is 8.98. The minimum atomic E-state index is 0.180. The van der Waals surface area contributed by atoms with E-state index >= 15 is 0 Å². The third-order valence-electron chi connectivity index (χ3n) is 6.25. The van der Waals surface area contributed by atoms with Crippen LogP contribution in [0.15, 0.2) is 40.2 Å². The highest BCUT2D eigenvalue weighted by atomic mass is 32.2. The lowest BCUT2D eigenvalue weighted by atomic mass is 10.1. The van der Waals surface area contributed by atoms with Gasteiger partial charge in [-0.3, -0.25) is 14.7 Å². The molecule has 1 saturated carbocycles. The van der Waals surface area contributed by atoms with Gasteiger partial charge in [0.05, 0.1) is 13.1 Å². The van der Waals surface area contributed by atoms with E-state index in [0.717, 1.165) is 45.0 Å². The molecule has 0 bridgehead atoms. The van der Waals surface area contributed by atoms with Gasteiger partial charge >= 0.3 is 0 Å². The second-order valence-corrected chi connectivity index (χ2v) is 10.5. The summed E-state index contributed by atoms with van der Waals surface area (Å²) in [6.45, 7) is 6.25. The maximum Gasteiger partial charge on any atom is 0.236 e. The van der Waals surface area contributed by atoms with Crippen LogP contribution in [0.25, 0.3) is 0 Å². The Labute approximate surface area is 192 Å². The summed E-state index contributed by atoms with van der Waals surface area (Å²) in [5.74, 6) is 1.12. The predicted octanol–water partition coefficient (Wildman–Crippen LogP) is 3.20. The van der Waals surface area contributed by atoms with Gasteiger partial charge in [-0.05, 0) is 44.7 Å². The van der Waals surface area contributed by atoms with Crippen LogP contribution in [0.4, 0.5) is 0 Å². The minimum absolute atomic E-state index is 0.180. The number of piperidine rings is 1. The standard InChI is InChI=1S/C24H39N5OS/c1-4-25-23(27-20-12-16-29(17-13-20)18-22(30)28(2)3)26-19-24(14-8-9-15-24)31-21-10-6-5-7-11-21/h5-7,10-11,20H,4,8-9,12-19H2,1-3H3,(H2,25,26,27). The fourth-order valence-electron chi connectivity index (χ4n) is 4.35. The zero-order valence-electron chi connectivity index (χ0n) is 19.4. The average Bonchev–Trinajstić information content (AvgIpc) is 3.23. The van der Waals surface area contributed by atoms with Crippen molar-refractivity contribution in [3.05, 3.63) is 30.3 Å². The third kappa shape index (κ3) is 7.42. The van der Waals surface area contributed by atoms with E-state index in [4.69, 9.17) is 4.99 Å². The number of aliphatic imine (C=N–C) groups is 1. The summed E-state index contributed by atoms with van der Waals surface area (Å²) in [7, 11) is 3.64. The summed E-state index contributed by atoms with van der Waals surface area (Å²) < 4.78 is 0.208. The molecule has 0 radical (unpaired) electrons. The number of rotatable bonds is 8. The molecule has 1 aromatic carbocycles. The van der Waals surface area contributed by atoms with Gasteiger partial charge in [-0.15, -0.1) is 11.8 Å². The molecule has 1 aliphatic carbocycles. The van der Waals surface area contributed by atoms with Crippen molar-refractivity contribution in [2.75, 3.05) is 46.8 Å². The second kappa shape index (κ2) is 11.8. The Morgan fingerprint density at radius 2 is 1.87 bits per heavy atom. The van der Waals surface area contributed by atoms with Gasteiger partial charge in [0.25, 0.3) is 0 Å². The zero-order chi connectivity index (χ0) is 22.1. The molecule has 1 amide bonds. The lowest BCUT2D eigenvalue weighted by molar-refractivity contribution is -0.130. The minimum Gasteiger partial charge on any atom is -0.357 e. The molecule has 1 saturated heterocycles. The van der Waals surface area contributed by atoms with E-state index in [0.29, 0.717) is 12.6 Å². The molecule has 1 aromatic rings. The predicted molar refractivity (Wildman–Crippen MR) is 131 cm³/mol. The number of thioether (sulfide) groups is 1. The van der Waals surface area contributed by atoms with Crippen molar-refractivity contribution >= 4 is 23.6 Å². The van der Waals surface area contributed by atoms with E-state index in [-0.39, 0.29) is 10.7 Å². The molecule has 1 heterocycles. The first-order valence-electron chi connectivity index (χ1n) is 11.7. The van der Waals surface area contributed by atoms with Gasteiger partial charge in [-0.1, -0.05) is 31.0 Å². The first-order chi connectivity index (χ1) is 15.0. The molecule has 3 rings (SSSR count). The molecule has 2 N–H and O–H groups in total. The van der Waals surface area contributed by atoms with Gasteiger partial charge < -0.3 is 15.5 Å². The highest BCUT2D eigenvalue weighted by Crippen LogP contribution is 2.45. The van der Waals surface area contributed by atoms with Crippen molar-refractivity contribution in [2.45, 2.75) is 61.1 Å². The molecular weight excluding hydrogens is 406 g/mol. The van der Waals surface area contributed by atoms with E-state index in [1.165, 1.54) is 30.6 Å². The number of likely N-dealkylation sites (tertiary alicyclic amines) is 1. The van der Waals surface area contributed by atoms with Crippen molar-refractivity contribution in [1.82, 2.24) is 20.4 Å². The first-order valence-corrected chi connectivity index (χ1v) is 12.5. The van der Waals surface area contributed by atoms with Crippen LogP contribution in [-0.4, -0.2) is 79.3 Å². The van der Waals surface area contributed by atoms with Crippen LogP contribution in [0.2, 0.25) is 0 Å². The monoisotopic (exact) mass is 445 g/mol. The van der Waals surface area contributed by atoms with Crippen LogP contribution >= 0.6 is 11.8 Å². The van der Waals surface area contributed by atoms with Crippen molar-refractivity contribution in [3.63, 3.8) is 0 Å². The highest BCUT2D eigenvalue weighted by Gasteiger charge is 2.35. The molecular formula is C24H39N5OS. The summed E-state index contributed by atoms with van der Waals surface area (Å²) in [4.78, 5) is 22.3. The highest BCUT2D eigenvalue weighted by molar-refractivity contribution is 8.00. The SMILES string of the molecule is CCNC(=NCC1(Sc2ccccc2)CCCC1)NC1CCN(CC(=O)N(C)C)CC1. The van der Waals surface area contributed by atoms with E-state index < -0.39 is 0 Å². The van der Waals surface area contributed by atoms with Crippen LogP contribution in [0.3, 0.4) is 0 Å². The number of benzene rings is 1. The Kier molecular flexibility index (Phi) is 9.08. The van der Waals surface area contributed by atoms with Gasteiger partial charge in [-0.25, -0.2) is 0 Å². The van der Waals surface area contributed by atoms with Gasteiger partial charge in [0.2, 0.25) is 5.91 Å². The average molecular weight is 446 g/mol. The summed E-state index contributed by atoms with van der Waals surface area (Å²) >= 11 is 2.01. The molecule has 0 unspecified atom stereocenters. The van der Waals surface area contributed by atoms with Crippen molar-refractivity contribution < 1.29 is 4.79 Å². The van der Waals surface area contributed by atoms with Crippen LogP contribution in [0, 0.1) is 0 Å². The van der Waals surface area contributed by atoms with Crippen molar-refractivity contribution in [2.24, 2.45) is 4.99 Å². The van der Waals surface area contributed by atoms with Crippen LogP contribution in [0.1, 0.15) is 45.4 Å². The Balaban J connectivity index is 1.55. The summed E-state index contributed by atoms with van der Waals surface area (Å²) in [5.41, 5.74) is 0. The number of nitrogens with one attached hydrogen (secondary N) is 2. The lowest BCUT2D eigenvalue weighted by Gasteiger charge is -2.33. The third-order valence-corrected chi connectivity index (χ3v) is 7.73. The smallest absolute Gasteiger partial charge is 0.236 e. The van der Waals surface area contributed by atoms with Gasteiger partial charge in [0, 0.05) is 49.4 Å². The Morgan fingerprint density at radius 1 is 1.19 bits per heavy atom. The molecule has 0 atom stereocenters. The van der Waals surface area contributed by atoms with E-state index in [9.17, 15) is 4.79 Å². The summed E-state index contributed by atoms with van der Waals surface area (Å²) in [6.07, 6.45) is 7.12. The van der Waals surface area contributed by atoms with Crippen LogP contribution < -0.4 is 10.6 Å². The molecule has 0 spiro atoms. The fourth-order valence-corrected chi connectivity index (χ4v) is 5.77. The Morgan fingerprint density at radius 3 is 2.48 bits per heavy atom. The van der Waals surface area contributed by atoms with Crippen LogP contribution in [0.5, 0.6) is 0 Å². The Hall–Kier alpha value is -1.73. The summed E-state index contributed by atoms with van der Waals surface area (Å²) in [5, 5.41) is 7.11. The molecule has 172 valence electrons.